The predicted molar refractivity (Wildman–Crippen MR) is 157 cm³/mol. The van der Waals surface area contributed by atoms with Crippen molar-refractivity contribution in [2.75, 3.05) is 5.75 Å². The molecule has 0 saturated carbocycles. The van der Waals surface area contributed by atoms with Gasteiger partial charge in [0, 0.05) is 34.8 Å². The van der Waals surface area contributed by atoms with Crippen LogP contribution >= 0.6 is 58.2 Å². The number of thioether (sulfide) groups is 1. The summed E-state index contributed by atoms with van der Waals surface area (Å²) in [5, 5.41) is 4.88. The summed E-state index contributed by atoms with van der Waals surface area (Å²) < 4.78 is 0. The van der Waals surface area contributed by atoms with Gasteiger partial charge in [-0.3, -0.25) is 9.59 Å². The number of halogens is 4. The van der Waals surface area contributed by atoms with Gasteiger partial charge in [0.2, 0.25) is 11.8 Å². The molecule has 1 N–H and O–H groups in total. The Kier molecular flexibility index (Phi) is 11.5. The maximum absolute atomic E-state index is 13.7. The summed E-state index contributed by atoms with van der Waals surface area (Å²) in [6, 6.07) is 19.4. The van der Waals surface area contributed by atoms with Crippen molar-refractivity contribution < 1.29 is 9.59 Å². The van der Waals surface area contributed by atoms with Gasteiger partial charge in [0.05, 0.1) is 15.8 Å². The first kappa shape index (κ1) is 29.7. The molecular weight excluding hydrogens is 570 g/mol. The van der Waals surface area contributed by atoms with Gasteiger partial charge in [0.1, 0.15) is 6.04 Å². The van der Waals surface area contributed by atoms with Gasteiger partial charge < -0.3 is 10.2 Å². The number of carbonyl (C=O) groups is 2. The van der Waals surface area contributed by atoms with E-state index in [-0.39, 0.29) is 30.2 Å². The highest BCUT2D eigenvalue weighted by Gasteiger charge is 2.31. The number of nitrogens with one attached hydrogen (secondary N) is 1. The Bertz CT molecular complexity index is 1220. The average molecular weight is 598 g/mol. The summed E-state index contributed by atoms with van der Waals surface area (Å²) in [4.78, 5) is 28.7. The van der Waals surface area contributed by atoms with Gasteiger partial charge in [-0.1, -0.05) is 88.9 Å². The van der Waals surface area contributed by atoms with Gasteiger partial charge in [0.25, 0.3) is 0 Å². The fraction of sp³-hybridized carbons (Fsp3) is 0.286. The van der Waals surface area contributed by atoms with E-state index in [1.807, 2.05) is 50.2 Å². The van der Waals surface area contributed by atoms with E-state index in [0.717, 1.165) is 11.1 Å². The average Bonchev–Trinajstić information content (AvgIpc) is 2.84. The van der Waals surface area contributed by atoms with E-state index in [0.29, 0.717) is 37.8 Å². The maximum atomic E-state index is 13.7. The molecular formula is C28H28Cl4N2O2S. The van der Waals surface area contributed by atoms with Crippen LogP contribution in [0.3, 0.4) is 0 Å². The highest BCUT2D eigenvalue weighted by atomic mass is 35.5. The fourth-order valence-electron chi connectivity index (χ4n) is 3.74. The first-order valence-corrected chi connectivity index (χ1v) is 14.4. The Balaban J connectivity index is 1.87. The fourth-order valence-corrected chi connectivity index (χ4v) is 5.38. The van der Waals surface area contributed by atoms with E-state index in [4.69, 9.17) is 46.4 Å². The van der Waals surface area contributed by atoms with Gasteiger partial charge >= 0.3 is 0 Å². The van der Waals surface area contributed by atoms with Crippen LogP contribution in [0.15, 0.2) is 66.7 Å². The normalized spacial score (nSPS) is 11.9. The standard InChI is InChI=1S/C28H28Cl4N2O2S/c1-18(2)33-28(36)26(13-19-6-4-3-5-7-19)34(15-21-9-10-22(29)14-24(21)31)27(35)17-37-16-20-8-11-23(30)25(32)12-20/h3-12,14,18,26H,13,15-17H2,1-2H3,(H,33,36). The Morgan fingerprint density at radius 2 is 1.59 bits per heavy atom. The maximum Gasteiger partial charge on any atom is 0.243 e. The lowest BCUT2D eigenvalue weighted by atomic mass is 10.0. The molecule has 0 aromatic heterocycles. The zero-order valence-corrected chi connectivity index (χ0v) is 24.4. The van der Waals surface area contributed by atoms with Crippen molar-refractivity contribution in [2.45, 2.75) is 44.6 Å². The molecule has 4 nitrogen and oxygen atoms in total. The number of rotatable bonds is 11. The first-order chi connectivity index (χ1) is 17.6. The minimum Gasteiger partial charge on any atom is -0.352 e. The van der Waals surface area contributed by atoms with Crippen LogP contribution < -0.4 is 5.32 Å². The molecule has 0 aliphatic heterocycles. The van der Waals surface area contributed by atoms with Crippen LogP contribution in [0.2, 0.25) is 20.1 Å². The zero-order chi connectivity index (χ0) is 26.9. The summed E-state index contributed by atoms with van der Waals surface area (Å²) in [6.45, 7) is 3.96. The van der Waals surface area contributed by atoms with Crippen LogP contribution in [0, 0.1) is 0 Å². The van der Waals surface area contributed by atoms with Crippen molar-refractivity contribution >= 4 is 70.0 Å². The Morgan fingerprint density at radius 3 is 2.24 bits per heavy atom. The lowest BCUT2D eigenvalue weighted by Crippen LogP contribution is -2.52. The molecule has 0 aliphatic carbocycles. The number of amides is 2. The van der Waals surface area contributed by atoms with Crippen LogP contribution in [-0.4, -0.2) is 34.6 Å². The van der Waals surface area contributed by atoms with Crippen LogP contribution in [0.5, 0.6) is 0 Å². The minimum absolute atomic E-state index is 0.0779. The molecule has 3 aromatic rings. The highest BCUT2D eigenvalue weighted by molar-refractivity contribution is 7.99. The number of hydrogen-bond donors (Lipinski definition) is 1. The number of benzene rings is 3. The second-order valence-electron chi connectivity index (χ2n) is 8.87. The molecule has 1 unspecified atom stereocenters. The smallest absolute Gasteiger partial charge is 0.243 e. The summed E-state index contributed by atoms with van der Waals surface area (Å²) in [7, 11) is 0. The summed E-state index contributed by atoms with van der Waals surface area (Å²) in [5.74, 6) is 0.355. The Hall–Kier alpha value is -1.89. The predicted octanol–water partition coefficient (Wildman–Crippen LogP) is 7.70. The van der Waals surface area contributed by atoms with Crippen LogP contribution in [-0.2, 0) is 28.3 Å². The Labute approximate surface area is 242 Å². The second kappa shape index (κ2) is 14.3. The SMILES string of the molecule is CC(C)NC(=O)C(Cc1ccccc1)N(Cc1ccc(Cl)cc1Cl)C(=O)CSCc1ccc(Cl)c(Cl)c1. The van der Waals surface area contributed by atoms with Crippen molar-refractivity contribution in [3.63, 3.8) is 0 Å². The van der Waals surface area contributed by atoms with Crippen molar-refractivity contribution in [3.8, 4) is 0 Å². The van der Waals surface area contributed by atoms with Gasteiger partial charge in [0.15, 0.2) is 0 Å². The lowest BCUT2D eigenvalue weighted by Gasteiger charge is -2.32. The molecule has 3 rings (SSSR count). The zero-order valence-electron chi connectivity index (χ0n) is 20.5. The minimum atomic E-state index is -0.727. The van der Waals surface area contributed by atoms with E-state index in [1.54, 1.807) is 35.2 Å². The molecule has 1 atom stereocenters. The van der Waals surface area contributed by atoms with E-state index in [2.05, 4.69) is 5.32 Å². The van der Waals surface area contributed by atoms with Gasteiger partial charge in [-0.2, -0.15) is 0 Å². The summed E-state index contributed by atoms with van der Waals surface area (Å²) >= 11 is 26.2. The largest absolute Gasteiger partial charge is 0.352 e. The second-order valence-corrected chi connectivity index (χ2v) is 11.5. The van der Waals surface area contributed by atoms with Crippen molar-refractivity contribution in [1.82, 2.24) is 10.2 Å². The van der Waals surface area contributed by atoms with Crippen LogP contribution in [0.1, 0.15) is 30.5 Å². The number of nitrogens with zero attached hydrogens (tertiary/aromatic N) is 1. The van der Waals surface area contributed by atoms with Crippen molar-refractivity contribution in [3.05, 3.63) is 104 Å². The topological polar surface area (TPSA) is 49.4 Å². The third kappa shape index (κ3) is 9.12. The molecule has 0 bridgehead atoms. The molecule has 0 fully saturated rings. The molecule has 0 radical (unpaired) electrons. The van der Waals surface area contributed by atoms with E-state index >= 15 is 0 Å². The van der Waals surface area contributed by atoms with Gasteiger partial charge in [-0.05, 0) is 54.8 Å². The van der Waals surface area contributed by atoms with Crippen LogP contribution in [0.4, 0.5) is 0 Å². The van der Waals surface area contributed by atoms with Crippen molar-refractivity contribution in [1.29, 1.82) is 0 Å². The summed E-state index contributed by atoms with van der Waals surface area (Å²) in [6.07, 6.45) is 0.369. The van der Waals surface area contributed by atoms with Gasteiger partial charge in [-0.15, -0.1) is 11.8 Å². The molecule has 196 valence electrons. The molecule has 3 aromatic carbocycles. The van der Waals surface area contributed by atoms with Crippen LogP contribution in [0.25, 0.3) is 0 Å². The highest BCUT2D eigenvalue weighted by Crippen LogP contribution is 2.27. The quantitative estimate of drug-likeness (QED) is 0.246. The van der Waals surface area contributed by atoms with E-state index < -0.39 is 6.04 Å². The monoisotopic (exact) mass is 596 g/mol. The van der Waals surface area contributed by atoms with Crippen molar-refractivity contribution in [2.24, 2.45) is 0 Å². The third-order valence-corrected chi connectivity index (χ3v) is 7.85. The molecule has 0 saturated heterocycles. The van der Waals surface area contributed by atoms with E-state index in [9.17, 15) is 9.59 Å². The molecule has 0 aliphatic rings. The molecule has 2 amide bonds. The molecule has 0 heterocycles. The molecule has 9 heteroatoms. The first-order valence-electron chi connectivity index (χ1n) is 11.7. The lowest BCUT2D eigenvalue weighted by molar-refractivity contribution is -0.139. The third-order valence-electron chi connectivity index (χ3n) is 5.54. The number of hydrogen-bond acceptors (Lipinski definition) is 3. The van der Waals surface area contributed by atoms with Gasteiger partial charge in [-0.25, -0.2) is 0 Å². The molecule has 0 spiro atoms. The van der Waals surface area contributed by atoms with E-state index in [1.165, 1.54) is 11.8 Å². The summed E-state index contributed by atoms with van der Waals surface area (Å²) in [5.41, 5.74) is 2.62. The number of carbonyl (C=O) groups excluding carboxylic acids is 2. The molecule has 37 heavy (non-hydrogen) atoms. The Morgan fingerprint density at radius 1 is 0.865 bits per heavy atom.